The number of hydrogen-bond donors (Lipinski definition) is 1. The Morgan fingerprint density at radius 3 is 2.28 bits per heavy atom. The molecule has 0 spiro atoms. The number of halogens is 1. The van der Waals surface area contributed by atoms with Gasteiger partial charge in [-0.1, -0.05) is 101 Å². The van der Waals surface area contributed by atoms with E-state index >= 15 is 0 Å². The molecule has 0 saturated heterocycles. The molecule has 5 rings (SSSR count). The summed E-state index contributed by atoms with van der Waals surface area (Å²) in [6.45, 7) is 2.30. The molecule has 36 heavy (non-hydrogen) atoms. The van der Waals surface area contributed by atoms with Gasteiger partial charge in [-0.2, -0.15) is 4.72 Å². The van der Waals surface area contributed by atoms with Gasteiger partial charge in [0, 0.05) is 5.02 Å². The molecule has 4 aromatic carbocycles. The Bertz CT molecular complexity index is 1690. The molecule has 0 unspecified atom stereocenters. The van der Waals surface area contributed by atoms with Crippen molar-refractivity contribution in [1.29, 1.82) is 0 Å². The van der Waals surface area contributed by atoms with Crippen molar-refractivity contribution in [3.63, 3.8) is 0 Å². The normalized spacial score (nSPS) is 12.6. The molecule has 182 valence electrons. The van der Waals surface area contributed by atoms with Gasteiger partial charge in [0.05, 0.1) is 27.7 Å². The minimum atomic E-state index is -3.90. The lowest BCUT2D eigenvalue weighted by atomic mass is 9.99. The van der Waals surface area contributed by atoms with Crippen molar-refractivity contribution in [2.45, 2.75) is 24.4 Å². The summed E-state index contributed by atoms with van der Waals surface area (Å²) in [5.41, 5.74) is 4.26. The second kappa shape index (κ2) is 10.0. The lowest BCUT2D eigenvalue weighted by molar-refractivity contribution is 0.572. The number of nitrogens with zero attached hydrogens (tertiary/aromatic N) is 1. The van der Waals surface area contributed by atoms with Crippen LogP contribution in [0.1, 0.15) is 28.3 Å². The Morgan fingerprint density at radius 1 is 0.889 bits per heavy atom. The highest BCUT2D eigenvalue weighted by Gasteiger charge is 2.24. The molecule has 1 heterocycles. The first-order chi connectivity index (χ1) is 17.3. The summed E-state index contributed by atoms with van der Waals surface area (Å²) in [6.07, 6.45) is 0. The predicted molar refractivity (Wildman–Crippen MR) is 146 cm³/mol. The van der Waals surface area contributed by atoms with Crippen LogP contribution in [-0.4, -0.2) is 13.0 Å². The highest BCUT2D eigenvalue weighted by Crippen LogP contribution is 2.28. The molecule has 5 nitrogen and oxygen atoms in total. The van der Waals surface area contributed by atoms with Crippen molar-refractivity contribution < 1.29 is 8.42 Å². The summed E-state index contributed by atoms with van der Waals surface area (Å²) in [6, 6.07) is 28.8. The van der Waals surface area contributed by atoms with Gasteiger partial charge in [-0.25, -0.2) is 8.42 Å². The molecule has 0 aliphatic rings. The number of sulfonamides is 1. The van der Waals surface area contributed by atoms with Crippen LogP contribution in [0.5, 0.6) is 0 Å². The molecular weight excluding hydrogens is 512 g/mol. The van der Waals surface area contributed by atoms with Crippen LogP contribution in [0.15, 0.2) is 107 Å². The molecule has 0 bridgehead atoms. The van der Waals surface area contributed by atoms with E-state index in [0.717, 1.165) is 33.6 Å². The van der Waals surface area contributed by atoms with Crippen LogP contribution in [0, 0.1) is 6.92 Å². The molecule has 0 fully saturated rings. The fraction of sp³-hybridized carbons (Fsp3) is 0.107. The minimum absolute atomic E-state index is 0.106. The molecule has 1 aromatic heterocycles. The first kappa shape index (κ1) is 24.5. The minimum Gasteiger partial charge on any atom is -0.294 e. The van der Waals surface area contributed by atoms with Gasteiger partial charge < -0.3 is 0 Å². The lowest BCUT2D eigenvalue weighted by Gasteiger charge is -2.20. The van der Waals surface area contributed by atoms with Crippen molar-refractivity contribution >= 4 is 43.2 Å². The zero-order valence-corrected chi connectivity index (χ0v) is 21.8. The molecule has 1 atom stereocenters. The smallest absolute Gasteiger partial charge is 0.294 e. The Kier molecular flexibility index (Phi) is 6.81. The van der Waals surface area contributed by atoms with Crippen molar-refractivity contribution in [2.24, 2.45) is 0 Å². The molecule has 1 N–H and O–H groups in total. The van der Waals surface area contributed by atoms with Gasteiger partial charge in [-0.15, -0.1) is 0 Å². The monoisotopic (exact) mass is 534 g/mol. The van der Waals surface area contributed by atoms with Crippen LogP contribution in [0.2, 0.25) is 5.02 Å². The van der Waals surface area contributed by atoms with E-state index in [4.69, 9.17) is 11.6 Å². The molecule has 0 radical (unpaired) electrons. The van der Waals surface area contributed by atoms with Crippen molar-refractivity contribution in [3.8, 4) is 0 Å². The first-order valence-corrected chi connectivity index (χ1v) is 14.0. The number of rotatable bonds is 7. The molecule has 0 aliphatic heterocycles. The summed E-state index contributed by atoms with van der Waals surface area (Å²) < 4.78 is 32.1. The van der Waals surface area contributed by atoms with Crippen LogP contribution in [0.4, 0.5) is 0 Å². The molecule has 8 heteroatoms. The average Bonchev–Trinajstić information content (AvgIpc) is 3.19. The summed E-state index contributed by atoms with van der Waals surface area (Å²) in [4.78, 5) is 12.7. The van der Waals surface area contributed by atoms with E-state index < -0.39 is 16.1 Å². The molecule has 0 saturated carbocycles. The zero-order chi connectivity index (χ0) is 25.3. The summed E-state index contributed by atoms with van der Waals surface area (Å²) in [5.74, 6) is 0. The van der Waals surface area contributed by atoms with Crippen molar-refractivity contribution in [2.75, 3.05) is 0 Å². The average molecular weight is 535 g/mol. The quantitative estimate of drug-likeness (QED) is 0.272. The third-order valence-electron chi connectivity index (χ3n) is 6.05. The van der Waals surface area contributed by atoms with E-state index in [9.17, 15) is 13.2 Å². The van der Waals surface area contributed by atoms with Crippen LogP contribution in [0.3, 0.4) is 0 Å². The Hall–Kier alpha value is -3.23. The molecule has 5 aromatic rings. The van der Waals surface area contributed by atoms with Gasteiger partial charge in [0.15, 0.2) is 0 Å². The third-order valence-corrected chi connectivity index (χ3v) is 8.78. The number of aryl methyl sites for hydroxylation is 1. The van der Waals surface area contributed by atoms with E-state index in [1.54, 1.807) is 22.8 Å². The van der Waals surface area contributed by atoms with E-state index in [1.807, 2.05) is 79.7 Å². The van der Waals surface area contributed by atoms with Crippen LogP contribution in [-0.2, 0) is 16.6 Å². The second-order valence-corrected chi connectivity index (χ2v) is 11.7. The van der Waals surface area contributed by atoms with Crippen LogP contribution in [0.25, 0.3) is 10.2 Å². The van der Waals surface area contributed by atoms with Gasteiger partial charge in [0.1, 0.15) is 0 Å². The fourth-order valence-corrected chi connectivity index (χ4v) is 6.56. The van der Waals surface area contributed by atoms with E-state index in [-0.39, 0.29) is 9.77 Å². The van der Waals surface area contributed by atoms with E-state index in [2.05, 4.69) is 4.72 Å². The van der Waals surface area contributed by atoms with Crippen molar-refractivity contribution in [3.05, 3.63) is 134 Å². The molecule has 0 aliphatic carbocycles. The SMILES string of the molecule is Cc1ccc([C@H](NS(=O)(=O)c2ccc3c(c2)sc(=O)n3Cc2ccccc2Cl)c2ccccc2)cc1. The standard InChI is InChI=1S/C28H23ClN2O3S2/c1-19-11-13-21(14-12-19)27(20-7-3-2-4-8-20)30-36(33,34)23-15-16-25-26(17-23)35-28(32)31(25)18-22-9-5-6-10-24(22)29/h2-17,27,30H,18H2,1H3/t27-/m1/s1. The number of aromatic nitrogens is 1. The maximum atomic E-state index is 13.5. The maximum Gasteiger partial charge on any atom is 0.308 e. The highest BCUT2D eigenvalue weighted by molar-refractivity contribution is 7.89. The molecule has 0 amide bonds. The van der Waals surface area contributed by atoms with E-state index in [1.165, 1.54) is 6.07 Å². The predicted octanol–water partition coefficient (Wildman–Crippen LogP) is 6.14. The highest BCUT2D eigenvalue weighted by atomic mass is 35.5. The summed E-state index contributed by atoms with van der Waals surface area (Å²) in [5, 5.41) is 0.579. The maximum absolute atomic E-state index is 13.5. The van der Waals surface area contributed by atoms with Crippen LogP contribution >= 0.6 is 22.9 Å². The van der Waals surface area contributed by atoms with E-state index in [0.29, 0.717) is 21.8 Å². The topological polar surface area (TPSA) is 68.2 Å². The van der Waals surface area contributed by atoms with Gasteiger partial charge in [-0.05, 0) is 47.9 Å². The largest absolute Gasteiger partial charge is 0.308 e. The summed E-state index contributed by atoms with van der Waals surface area (Å²) in [7, 11) is -3.90. The number of fused-ring (bicyclic) bond motifs is 1. The van der Waals surface area contributed by atoms with Gasteiger partial charge in [0.2, 0.25) is 10.0 Å². The Balaban J connectivity index is 1.50. The number of benzene rings is 4. The molecular formula is C28H23ClN2O3S2. The van der Waals surface area contributed by atoms with Gasteiger partial charge >= 0.3 is 4.87 Å². The van der Waals surface area contributed by atoms with Gasteiger partial charge in [-0.3, -0.25) is 9.36 Å². The Labute approximate surface area is 218 Å². The van der Waals surface area contributed by atoms with Crippen molar-refractivity contribution in [1.82, 2.24) is 9.29 Å². The number of hydrogen-bond acceptors (Lipinski definition) is 4. The third kappa shape index (κ3) is 5.01. The summed E-state index contributed by atoms with van der Waals surface area (Å²) >= 11 is 7.31. The lowest BCUT2D eigenvalue weighted by Crippen LogP contribution is -2.29. The number of thiazole rings is 1. The Morgan fingerprint density at radius 2 is 1.56 bits per heavy atom. The van der Waals surface area contributed by atoms with Gasteiger partial charge in [0.25, 0.3) is 0 Å². The number of nitrogens with one attached hydrogen (secondary N) is 1. The van der Waals surface area contributed by atoms with Crippen LogP contribution < -0.4 is 9.60 Å². The first-order valence-electron chi connectivity index (χ1n) is 11.3. The zero-order valence-electron chi connectivity index (χ0n) is 19.4. The fourth-order valence-electron chi connectivity index (χ4n) is 4.12. The second-order valence-electron chi connectivity index (χ2n) is 8.55.